The lowest BCUT2D eigenvalue weighted by Gasteiger charge is -2.39. The molecule has 2 aliphatic rings. The first kappa shape index (κ1) is 57.5. The Morgan fingerprint density at radius 1 is 0.803 bits per heavy atom. The molecule has 76 heavy (non-hydrogen) atoms. The number of carbonyl (C=O) groups excluding carboxylic acids is 5. The highest BCUT2D eigenvalue weighted by molar-refractivity contribution is 7.13. The highest BCUT2D eigenvalue weighted by Crippen LogP contribution is 2.41. The summed E-state index contributed by atoms with van der Waals surface area (Å²) in [5.41, 5.74) is 9.26. The number of anilines is 2. The number of hydrogen-bond acceptors (Lipinski definition) is 13. The minimum absolute atomic E-state index is 0.00636. The van der Waals surface area contributed by atoms with Crippen LogP contribution < -0.4 is 26.2 Å². The molecule has 1 unspecified atom stereocenters. The summed E-state index contributed by atoms with van der Waals surface area (Å²) in [6.45, 7) is 13.3. The number of halogens is 1. The normalized spacial score (nSPS) is 17.7. The molecule has 1 saturated heterocycles. The third kappa shape index (κ3) is 15.7. The number of thiazole rings is 1. The van der Waals surface area contributed by atoms with E-state index in [0.717, 1.165) is 56.2 Å². The van der Waals surface area contributed by atoms with Gasteiger partial charge in [-0.15, -0.1) is 11.3 Å². The van der Waals surface area contributed by atoms with Gasteiger partial charge in [0.15, 0.2) is 0 Å². The topological polar surface area (TPSA) is 210 Å². The summed E-state index contributed by atoms with van der Waals surface area (Å²) < 4.78 is 22.3. The molecule has 7 rings (SSSR count). The molecule has 0 saturated carbocycles. The maximum atomic E-state index is 13.9. The molecule has 1 fully saturated rings. The summed E-state index contributed by atoms with van der Waals surface area (Å²) in [4.78, 5) is 74.6. The largest absolute Gasteiger partial charge is 0.391 e. The second kappa shape index (κ2) is 27.2. The number of amides is 5. The van der Waals surface area contributed by atoms with E-state index in [1.54, 1.807) is 30.4 Å². The maximum Gasteiger partial charge on any atom is 0.251 e. The number of likely N-dealkylation sites (tertiary alicyclic amines) is 1. The number of rotatable bonds is 24. The van der Waals surface area contributed by atoms with Crippen LogP contribution in [-0.4, -0.2) is 135 Å². The lowest BCUT2D eigenvalue weighted by atomic mass is 9.85. The highest BCUT2D eigenvalue weighted by atomic mass is 35.5. The van der Waals surface area contributed by atoms with Gasteiger partial charge in [0.25, 0.3) is 5.91 Å². The van der Waals surface area contributed by atoms with E-state index in [1.807, 2.05) is 111 Å². The van der Waals surface area contributed by atoms with Gasteiger partial charge in [-0.1, -0.05) is 74.8 Å². The molecule has 0 aliphatic carbocycles. The van der Waals surface area contributed by atoms with Crippen LogP contribution in [0, 0.1) is 12.3 Å². The van der Waals surface area contributed by atoms with E-state index < -0.39 is 35.4 Å². The summed E-state index contributed by atoms with van der Waals surface area (Å²) in [6, 6.07) is 27.1. The fourth-order valence-corrected chi connectivity index (χ4v) is 10.3. The van der Waals surface area contributed by atoms with Gasteiger partial charge < -0.3 is 55.1 Å². The average Bonchev–Trinajstić information content (AvgIpc) is 4.02. The molecule has 19 heteroatoms. The Labute approximate surface area is 454 Å². The molecule has 5 aromatic rings. The Kier molecular flexibility index (Phi) is 20.5. The zero-order valence-electron chi connectivity index (χ0n) is 44.1. The zero-order valence-corrected chi connectivity index (χ0v) is 45.6. The number of aliphatic hydroxyl groups is 1. The number of nitrogens with one attached hydrogen (secondary N) is 4. The maximum absolute atomic E-state index is 13.9. The van der Waals surface area contributed by atoms with Crippen LogP contribution in [0.4, 0.5) is 11.4 Å². The number of aryl methyl sites for hydroxylation is 1. The molecule has 0 spiro atoms. The van der Waals surface area contributed by atoms with E-state index in [9.17, 15) is 29.1 Å². The standard InChI is InChI=1S/C57H70ClN7O10S/c1-36-29-48(62-45-18-16-44(58)17-19-45)47-30-43(15-20-49(47)65(36)38(3)66)40-11-13-42(14-12-40)54(69)59-21-22-72-23-24-73-25-26-74-27-28-75-34-51(68)63-53(57(4,5)6)56(71)64-33-46(67)31-50(64)55(70)60-32-39-7-9-41(10-8-39)52-37(2)61-35-76-52/h7-20,30,35-36,46,48,50,53,62,67H,21-29,31-34H2,1-6H3,(H,59,69)(H,60,70)(H,63,68)/t36-,46+,48+,50-,53?/m0/s1. The Morgan fingerprint density at radius 2 is 1.43 bits per heavy atom. The first-order valence-corrected chi connectivity index (χ1v) is 26.9. The van der Waals surface area contributed by atoms with Crippen LogP contribution in [0.5, 0.6) is 0 Å². The van der Waals surface area contributed by atoms with Gasteiger partial charge in [-0.2, -0.15) is 0 Å². The minimum atomic E-state index is -0.979. The average molecular weight is 1080 g/mol. The lowest BCUT2D eigenvalue weighted by Crippen LogP contribution is -2.58. The second-order valence-electron chi connectivity index (χ2n) is 20.1. The zero-order chi connectivity index (χ0) is 54.4. The van der Waals surface area contributed by atoms with E-state index in [-0.39, 0.29) is 69.1 Å². The molecule has 5 amide bonds. The van der Waals surface area contributed by atoms with Crippen LogP contribution in [0.2, 0.25) is 5.02 Å². The van der Waals surface area contributed by atoms with Gasteiger partial charge >= 0.3 is 0 Å². The van der Waals surface area contributed by atoms with Crippen LogP contribution in [-0.2, 0) is 44.7 Å². The smallest absolute Gasteiger partial charge is 0.251 e. The molecule has 2 aliphatic heterocycles. The fraction of sp³-hybridized carbons (Fsp3) is 0.439. The van der Waals surface area contributed by atoms with E-state index in [4.69, 9.17) is 30.5 Å². The number of ether oxygens (including phenoxy) is 4. The molecule has 5 atom stereocenters. The van der Waals surface area contributed by atoms with Crippen LogP contribution >= 0.6 is 22.9 Å². The molecule has 4 aromatic carbocycles. The molecule has 0 bridgehead atoms. The van der Waals surface area contributed by atoms with Crippen molar-refractivity contribution in [3.63, 3.8) is 0 Å². The Morgan fingerprint density at radius 3 is 2.07 bits per heavy atom. The molecule has 0 radical (unpaired) electrons. The van der Waals surface area contributed by atoms with Crippen LogP contribution in [0.1, 0.15) is 80.7 Å². The molecular weight excluding hydrogens is 1010 g/mol. The van der Waals surface area contributed by atoms with E-state index >= 15 is 0 Å². The third-order valence-electron chi connectivity index (χ3n) is 13.3. The summed E-state index contributed by atoms with van der Waals surface area (Å²) in [5, 5.41) is 23.4. The van der Waals surface area contributed by atoms with Crippen molar-refractivity contribution in [1.82, 2.24) is 25.8 Å². The SMILES string of the molecule is CC(=O)N1c2ccc(-c3ccc(C(=O)NCCOCCOCCOCCOCC(=O)NC(C(=O)N4C[C@H](O)C[C@H]4C(=O)NCc4ccc(-c5scnc5C)cc4)C(C)(C)C)cc3)cc2[C@H](Nc2ccc(Cl)cc2)C[C@@H]1C. The van der Waals surface area contributed by atoms with Crippen LogP contribution in [0.15, 0.2) is 96.5 Å². The Balaban J connectivity index is 0.739. The van der Waals surface area contributed by atoms with Crippen LogP contribution in [0.25, 0.3) is 21.6 Å². The van der Waals surface area contributed by atoms with Gasteiger partial charge in [-0.05, 0) is 102 Å². The number of aliphatic hydroxyl groups excluding tert-OH is 1. The summed E-state index contributed by atoms with van der Waals surface area (Å²) in [7, 11) is 0. The van der Waals surface area contributed by atoms with E-state index in [1.165, 1.54) is 4.90 Å². The summed E-state index contributed by atoms with van der Waals surface area (Å²) in [6.07, 6.45) is -0.0632. The number of hydrogen-bond donors (Lipinski definition) is 5. The number of carbonyl (C=O) groups is 5. The van der Waals surface area contributed by atoms with Gasteiger partial charge in [0.05, 0.1) is 74.5 Å². The van der Waals surface area contributed by atoms with Crippen molar-refractivity contribution in [2.45, 2.75) is 91.2 Å². The van der Waals surface area contributed by atoms with Crippen molar-refractivity contribution in [2.75, 3.05) is 76.2 Å². The number of fused-ring (bicyclic) bond motifs is 1. The van der Waals surface area contributed by atoms with E-state index in [2.05, 4.69) is 39.2 Å². The van der Waals surface area contributed by atoms with Gasteiger partial charge in [0.2, 0.25) is 23.6 Å². The lowest BCUT2D eigenvalue weighted by molar-refractivity contribution is -0.144. The van der Waals surface area contributed by atoms with Gasteiger partial charge in [0, 0.05) is 61.0 Å². The van der Waals surface area contributed by atoms with Gasteiger partial charge in [-0.3, -0.25) is 24.0 Å². The minimum Gasteiger partial charge on any atom is -0.391 e. The Hall–Kier alpha value is -6.25. The molecule has 3 heterocycles. The first-order valence-electron chi connectivity index (χ1n) is 25.7. The predicted octanol–water partition coefficient (Wildman–Crippen LogP) is 7.34. The van der Waals surface area contributed by atoms with E-state index in [0.29, 0.717) is 50.2 Å². The van der Waals surface area contributed by atoms with Crippen LogP contribution in [0.3, 0.4) is 0 Å². The quantitative estimate of drug-likeness (QED) is 0.0385. The second-order valence-corrected chi connectivity index (χ2v) is 21.4. The molecule has 1 aromatic heterocycles. The van der Waals surface area contributed by atoms with Crippen molar-refractivity contribution in [3.05, 3.63) is 124 Å². The number of benzene rings is 4. The van der Waals surface area contributed by atoms with Crippen molar-refractivity contribution < 1.29 is 48.0 Å². The molecule has 5 N–H and O–H groups in total. The van der Waals surface area contributed by atoms with Gasteiger partial charge in [0.1, 0.15) is 18.7 Å². The highest BCUT2D eigenvalue weighted by Gasteiger charge is 2.44. The third-order valence-corrected chi connectivity index (χ3v) is 14.5. The summed E-state index contributed by atoms with van der Waals surface area (Å²) >= 11 is 7.70. The van der Waals surface area contributed by atoms with Crippen molar-refractivity contribution in [1.29, 1.82) is 0 Å². The predicted molar refractivity (Wildman–Crippen MR) is 294 cm³/mol. The summed E-state index contributed by atoms with van der Waals surface area (Å²) in [5.74, 6) is -1.55. The first-order chi connectivity index (χ1) is 36.5. The molecule has 406 valence electrons. The van der Waals surface area contributed by atoms with Crippen molar-refractivity contribution in [3.8, 4) is 21.6 Å². The number of β-amino-alcohol motifs (C(OH)–C–C–N with tert-alkyl or cyclic N) is 1. The van der Waals surface area contributed by atoms with Crippen molar-refractivity contribution in [2.24, 2.45) is 5.41 Å². The number of nitrogens with zero attached hydrogens (tertiary/aromatic N) is 3. The van der Waals surface area contributed by atoms with Gasteiger partial charge in [-0.25, -0.2) is 4.98 Å². The molecular formula is C57H70ClN7O10S. The Bertz CT molecular complexity index is 2750. The van der Waals surface area contributed by atoms with Crippen molar-refractivity contribution >= 4 is 63.8 Å². The number of aromatic nitrogens is 1. The monoisotopic (exact) mass is 1080 g/mol. The molecule has 17 nitrogen and oxygen atoms in total. The fourth-order valence-electron chi connectivity index (χ4n) is 9.37.